The summed E-state index contributed by atoms with van der Waals surface area (Å²) in [4.78, 5) is 0. The average Bonchev–Trinajstić information content (AvgIpc) is 2.92. The molecule has 0 aliphatic carbocycles. The molecule has 2 aromatic rings. The zero-order valence-electron chi connectivity index (χ0n) is 12.3. The number of hydrogen-bond donors (Lipinski definition) is 1. The highest BCUT2D eigenvalue weighted by Crippen LogP contribution is 2.19. The Morgan fingerprint density at radius 1 is 1.37 bits per heavy atom. The van der Waals surface area contributed by atoms with E-state index in [9.17, 15) is 0 Å². The maximum absolute atomic E-state index is 4.45. The Labute approximate surface area is 113 Å². The van der Waals surface area contributed by atoms with Crippen LogP contribution < -0.4 is 5.32 Å². The van der Waals surface area contributed by atoms with Gasteiger partial charge in [0, 0.05) is 7.05 Å². The molecule has 0 bridgehead atoms. The molecule has 19 heavy (non-hydrogen) atoms. The molecule has 0 aliphatic rings. The lowest BCUT2D eigenvalue weighted by Gasteiger charge is -2.10. The van der Waals surface area contributed by atoms with Gasteiger partial charge in [-0.2, -0.15) is 5.10 Å². The maximum atomic E-state index is 4.45. The van der Waals surface area contributed by atoms with E-state index in [4.69, 9.17) is 0 Å². The lowest BCUT2D eigenvalue weighted by Crippen LogP contribution is -2.19. The molecule has 0 fully saturated rings. The minimum absolute atomic E-state index is 0.209. The number of hydrogen-bond acceptors (Lipinski definition) is 4. The third-order valence-electron chi connectivity index (χ3n) is 3.30. The molecule has 0 saturated carbocycles. The first-order valence-corrected chi connectivity index (χ1v) is 6.76. The van der Waals surface area contributed by atoms with Crippen molar-refractivity contribution in [1.29, 1.82) is 0 Å². The highest BCUT2D eigenvalue weighted by atomic mass is 15.5. The van der Waals surface area contributed by atoms with Crippen LogP contribution in [0.25, 0.3) is 5.69 Å². The molecule has 0 spiro atoms. The van der Waals surface area contributed by atoms with Crippen LogP contribution in [-0.2, 0) is 13.5 Å². The van der Waals surface area contributed by atoms with Gasteiger partial charge >= 0.3 is 0 Å². The molecule has 6 heteroatoms. The number of nitrogens with one attached hydrogen (secondary N) is 1. The zero-order valence-corrected chi connectivity index (χ0v) is 12.3. The normalized spacial score (nSPS) is 12.9. The molecule has 0 aliphatic heterocycles. The highest BCUT2D eigenvalue weighted by molar-refractivity contribution is 5.36. The third kappa shape index (κ3) is 2.53. The monoisotopic (exact) mass is 262 g/mol. The molecular formula is C13H22N6. The van der Waals surface area contributed by atoms with E-state index >= 15 is 0 Å². The quantitative estimate of drug-likeness (QED) is 0.888. The van der Waals surface area contributed by atoms with E-state index in [0.29, 0.717) is 0 Å². The van der Waals surface area contributed by atoms with Gasteiger partial charge in [0.1, 0.15) is 11.4 Å². The molecule has 2 aromatic heterocycles. The van der Waals surface area contributed by atoms with Crippen molar-refractivity contribution >= 4 is 0 Å². The maximum Gasteiger partial charge on any atom is 0.108 e. The summed E-state index contributed by atoms with van der Waals surface area (Å²) in [5.41, 5.74) is 4.12. The van der Waals surface area contributed by atoms with Crippen LogP contribution in [0.3, 0.4) is 0 Å². The second kappa shape index (κ2) is 5.52. The van der Waals surface area contributed by atoms with Crippen molar-refractivity contribution in [2.75, 3.05) is 6.54 Å². The number of rotatable bonds is 5. The molecule has 0 radical (unpaired) electrons. The topological polar surface area (TPSA) is 60.6 Å². The summed E-state index contributed by atoms with van der Waals surface area (Å²) in [5, 5.41) is 16.4. The van der Waals surface area contributed by atoms with Gasteiger partial charge in [-0.1, -0.05) is 19.1 Å². The smallest absolute Gasteiger partial charge is 0.108 e. The van der Waals surface area contributed by atoms with Gasteiger partial charge in [0.2, 0.25) is 0 Å². The Kier molecular flexibility index (Phi) is 3.99. The van der Waals surface area contributed by atoms with Crippen LogP contribution in [0, 0.1) is 6.92 Å². The van der Waals surface area contributed by atoms with Crippen LogP contribution >= 0.6 is 0 Å². The third-order valence-corrected chi connectivity index (χ3v) is 3.30. The molecule has 2 rings (SSSR count). The van der Waals surface area contributed by atoms with Crippen LogP contribution in [0.1, 0.15) is 43.9 Å². The predicted octanol–water partition coefficient (Wildman–Crippen LogP) is 1.54. The van der Waals surface area contributed by atoms with E-state index in [1.807, 2.05) is 22.6 Å². The van der Waals surface area contributed by atoms with Gasteiger partial charge < -0.3 is 5.32 Å². The Balaban J connectivity index is 2.41. The summed E-state index contributed by atoms with van der Waals surface area (Å²) in [6, 6.07) is 0.209. The fourth-order valence-electron chi connectivity index (χ4n) is 2.32. The summed E-state index contributed by atoms with van der Waals surface area (Å²) in [6.45, 7) is 9.26. The number of nitrogens with zero attached hydrogens (tertiary/aromatic N) is 5. The fourth-order valence-corrected chi connectivity index (χ4v) is 2.32. The van der Waals surface area contributed by atoms with E-state index in [-0.39, 0.29) is 6.04 Å². The van der Waals surface area contributed by atoms with Crippen molar-refractivity contribution in [2.45, 2.75) is 40.2 Å². The lowest BCUT2D eigenvalue weighted by atomic mass is 10.2. The van der Waals surface area contributed by atoms with Gasteiger partial charge in [0.15, 0.2) is 0 Å². The van der Waals surface area contributed by atoms with E-state index < -0.39 is 0 Å². The number of aryl methyl sites for hydroxylation is 2. The Hall–Kier alpha value is -1.69. The van der Waals surface area contributed by atoms with Gasteiger partial charge in [-0.25, -0.2) is 4.68 Å². The molecule has 0 saturated heterocycles. The lowest BCUT2D eigenvalue weighted by molar-refractivity contribution is 0.579. The van der Waals surface area contributed by atoms with Crippen LogP contribution in [0.15, 0.2) is 6.20 Å². The summed E-state index contributed by atoms with van der Waals surface area (Å²) >= 11 is 0. The Morgan fingerprint density at radius 2 is 2.11 bits per heavy atom. The summed E-state index contributed by atoms with van der Waals surface area (Å²) < 4.78 is 3.71. The molecule has 104 valence electrons. The van der Waals surface area contributed by atoms with Crippen molar-refractivity contribution in [1.82, 2.24) is 30.1 Å². The van der Waals surface area contributed by atoms with Crippen molar-refractivity contribution in [2.24, 2.45) is 7.05 Å². The van der Waals surface area contributed by atoms with E-state index in [2.05, 4.69) is 48.4 Å². The van der Waals surface area contributed by atoms with Gasteiger partial charge in [-0.3, -0.25) is 4.68 Å². The molecule has 2 heterocycles. The van der Waals surface area contributed by atoms with E-state index in [1.54, 1.807) is 0 Å². The summed E-state index contributed by atoms with van der Waals surface area (Å²) in [6.07, 6.45) is 2.87. The molecule has 0 amide bonds. The minimum atomic E-state index is 0.209. The molecule has 6 nitrogen and oxygen atoms in total. The van der Waals surface area contributed by atoms with Crippen LogP contribution in [0.4, 0.5) is 0 Å². The van der Waals surface area contributed by atoms with Gasteiger partial charge in [-0.15, -0.1) is 5.10 Å². The van der Waals surface area contributed by atoms with Gasteiger partial charge in [0.25, 0.3) is 0 Å². The van der Waals surface area contributed by atoms with Gasteiger partial charge in [0.05, 0.1) is 23.6 Å². The Morgan fingerprint density at radius 3 is 2.74 bits per heavy atom. The predicted molar refractivity (Wildman–Crippen MR) is 74.3 cm³/mol. The molecular weight excluding hydrogens is 240 g/mol. The SMILES string of the molecule is CCNC(C)c1nnn(-c2cn(C)nc2CC)c1C. The highest BCUT2D eigenvalue weighted by Gasteiger charge is 2.18. The van der Waals surface area contributed by atoms with E-state index in [0.717, 1.165) is 35.7 Å². The van der Waals surface area contributed by atoms with Gasteiger partial charge in [-0.05, 0) is 26.8 Å². The summed E-state index contributed by atoms with van der Waals surface area (Å²) in [7, 11) is 1.93. The Bertz CT molecular complexity index is 553. The first kappa shape index (κ1) is 13.7. The average molecular weight is 262 g/mol. The van der Waals surface area contributed by atoms with Crippen LogP contribution in [0.5, 0.6) is 0 Å². The molecule has 0 aromatic carbocycles. The largest absolute Gasteiger partial charge is 0.309 e. The van der Waals surface area contributed by atoms with Crippen LogP contribution in [-0.4, -0.2) is 31.3 Å². The molecule has 1 unspecified atom stereocenters. The standard InChI is InChI=1S/C13H22N6/c1-6-11-12(8-18(5)16-11)19-10(4)13(15-17-19)9(3)14-7-2/h8-9,14H,6-7H2,1-5H3. The number of aromatic nitrogens is 5. The first-order chi connectivity index (χ1) is 9.08. The van der Waals surface area contributed by atoms with Crippen molar-refractivity contribution in [3.05, 3.63) is 23.3 Å². The van der Waals surface area contributed by atoms with Crippen molar-refractivity contribution < 1.29 is 0 Å². The molecule has 1 atom stereocenters. The van der Waals surface area contributed by atoms with E-state index in [1.165, 1.54) is 0 Å². The second-order valence-electron chi connectivity index (χ2n) is 4.74. The second-order valence-corrected chi connectivity index (χ2v) is 4.74. The minimum Gasteiger partial charge on any atom is -0.309 e. The molecule has 1 N–H and O–H groups in total. The fraction of sp³-hybridized carbons (Fsp3) is 0.615. The summed E-state index contributed by atoms with van der Waals surface area (Å²) in [5.74, 6) is 0. The first-order valence-electron chi connectivity index (χ1n) is 6.76. The van der Waals surface area contributed by atoms with Crippen molar-refractivity contribution in [3.63, 3.8) is 0 Å². The van der Waals surface area contributed by atoms with Crippen LogP contribution in [0.2, 0.25) is 0 Å². The zero-order chi connectivity index (χ0) is 14.0. The van der Waals surface area contributed by atoms with Crippen molar-refractivity contribution in [3.8, 4) is 5.69 Å².